The summed E-state index contributed by atoms with van der Waals surface area (Å²) in [4.78, 5) is 6.71. The molecule has 0 atom stereocenters. The van der Waals surface area contributed by atoms with Gasteiger partial charge in [-0.05, 0) is 43.5 Å². The molecule has 0 bridgehead atoms. The van der Waals surface area contributed by atoms with Crippen LogP contribution in [0.15, 0.2) is 18.3 Å². The Hall–Kier alpha value is -1.09. The van der Waals surface area contributed by atoms with Gasteiger partial charge in [0.1, 0.15) is 5.82 Å². The number of pyridine rings is 1. The molecule has 88 valence electrons. The maximum Gasteiger partial charge on any atom is 0.128 e. The maximum absolute atomic E-state index is 4.43. The zero-order valence-corrected chi connectivity index (χ0v) is 10.2. The molecule has 1 heterocycles. The highest BCUT2D eigenvalue weighted by Gasteiger charge is 2.19. The van der Waals surface area contributed by atoms with Crippen molar-refractivity contribution in [1.29, 1.82) is 0 Å². The molecular formula is C13H21N3. The van der Waals surface area contributed by atoms with Crippen LogP contribution in [0.4, 0.5) is 5.82 Å². The van der Waals surface area contributed by atoms with Crippen LogP contribution < -0.4 is 10.2 Å². The largest absolute Gasteiger partial charge is 0.359 e. The van der Waals surface area contributed by atoms with Crippen molar-refractivity contribution >= 4 is 5.82 Å². The molecule has 0 radical (unpaired) electrons. The topological polar surface area (TPSA) is 28.2 Å². The van der Waals surface area contributed by atoms with Gasteiger partial charge in [0.15, 0.2) is 0 Å². The molecule has 1 N–H and O–H groups in total. The van der Waals surface area contributed by atoms with Crippen molar-refractivity contribution in [3.63, 3.8) is 0 Å². The predicted octanol–water partition coefficient (Wildman–Crippen LogP) is 2.04. The van der Waals surface area contributed by atoms with E-state index in [1.165, 1.54) is 24.8 Å². The Morgan fingerprint density at radius 2 is 2.31 bits per heavy atom. The molecule has 0 spiro atoms. The normalized spacial score (nSPS) is 15.9. The summed E-state index contributed by atoms with van der Waals surface area (Å²) in [6.45, 7) is 2.06. The molecular weight excluding hydrogens is 198 g/mol. The van der Waals surface area contributed by atoms with E-state index in [1.54, 1.807) is 0 Å². The van der Waals surface area contributed by atoms with Crippen LogP contribution in [0.2, 0.25) is 0 Å². The van der Waals surface area contributed by atoms with E-state index in [4.69, 9.17) is 0 Å². The zero-order valence-electron chi connectivity index (χ0n) is 10.2. The summed E-state index contributed by atoms with van der Waals surface area (Å²) in [6, 6.07) is 4.24. The van der Waals surface area contributed by atoms with Crippen LogP contribution in [-0.2, 0) is 6.54 Å². The first-order valence-electron chi connectivity index (χ1n) is 6.10. The summed E-state index contributed by atoms with van der Waals surface area (Å²) >= 11 is 0. The minimum Gasteiger partial charge on any atom is -0.359 e. The SMILES string of the molecule is CNCc1ccnc(N(C)CC2CCC2)c1. The van der Waals surface area contributed by atoms with Gasteiger partial charge in [0, 0.05) is 26.3 Å². The van der Waals surface area contributed by atoms with Crippen LogP contribution in [0.1, 0.15) is 24.8 Å². The molecule has 1 aromatic heterocycles. The van der Waals surface area contributed by atoms with Gasteiger partial charge in [0.25, 0.3) is 0 Å². The van der Waals surface area contributed by atoms with Gasteiger partial charge in [0.05, 0.1) is 0 Å². The van der Waals surface area contributed by atoms with E-state index in [1.807, 2.05) is 13.2 Å². The van der Waals surface area contributed by atoms with E-state index in [9.17, 15) is 0 Å². The Kier molecular flexibility index (Phi) is 3.78. The third-order valence-electron chi connectivity index (χ3n) is 3.34. The van der Waals surface area contributed by atoms with Crippen LogP contribution in [-0.4, -0.2) is 25.6 Å². The molecule has 0 saturated heterocycles. The Morgan fingerprint density at radius 1 is 1.50 bits per heavy atom. The van der Waals surface area contributed by atoms with Gasteiger partial charge in [-0.3, -0.25) is 0 Å². The first kappa shape index (κ1) is 11.4. The molecule has 0 aromatic carbocycles. The second-order valence-electron chi connectivity index (χ2n) is 4.73. The quantitative estimate of drug-likeness (QED) is 0.821. The van der Waals surface area contributed by atoms with Crippen molar-refractivity contribution < 1.29 is 0 Å². The fourth-order valence-corrected chi connectivity index (χ4v) is 2.14. The van der Waals surface area contributed by atoms with Crippen molar-refractivity contribution in [3.8, 4) is 0 Å². The fraction of sp³-hybridized carbons (Fsp3) is 0.615. The highest BCUT2D eigenvalue weighted by Crippen LogP contribution is 2.27. The molecule has 3 heteroatoms. The predicted molar refractivity (Wildman–Crippen MR) is 67.6 cm³/mol. The number of aromatic nitrogens is 1. The van der Waals surface area contributed by atoms with Gasteiger partial charge < -0.3 is 10.2 Å². The van der Waals surface area contributed by atoms with E-state index in [-0.39, 0.29) is 0 Å². The lowest BCUT2D eigenvalue weighted by Crippen LogP contribution is -2.29. The molecule has 1 fully saturated rings. The van der Waals surface area contributed by atoms with E-state index in [0.717, 1.165) is 24.8 Å². The van der Waals surface area contributed by atoms with Crippen molar-refractivity contribution in [2.24, 2.45) is 5.92 Å². The number of nitrogens with zero attached hydrogens (tertiary/aromatic N) is 2. The number of anilines is 1. The fourth-order valence-electron chi connectivity index (χ4n) is 2.14. The molecule has 1 aliphatic carbocycles. The molecule has 0 aliphatic heterocycles. The van der Waals surface area contributed by atoms with Crippen LogP contribution in [0.25, 0.3) is 0 Å². The van der Waals surface area contributed by atoms with E-state index in [2.05, 4.69) is 34.4 Å². The van der Waals surface area contributed by atoms with Crippen LogP contribution in [0, 0.1) is 5.92 Å². The minimum atomic E-state index is 0.889. The van der Waals surface area contributed by atoms with Gasteiger partial charge in [-0.1, -0.05) is 6.42 Å². The van der Waals surface area contributed by atoms with E-state index in [0.29, 0.717) is 0 Å². The highest BCUT2D eigenvalue weighted by atomic mass is 15.2. The lowest BCUT2D eigenvalue weighted by atomic mass is 9.85. The molecule has 1 aromatic rings. The summed E-state index contributed by atoms with van der Waals surface area (Å²) in [6.07, 6.45) is 6.09. The second-order valence-corrected chi connectivity index (χ2v) is 4.73. The van der Waals surface area contributed by atoms with Gasteiger partial charge in [0.2, 0.25) is 0 Å². The Morgan fingerprint density at radius 3 is 2.94 bits per heavy atom. The van der Waals surface area contributed by atoms with Crippen LogP contribution >= 0.6 is 0 Å². The minimum absolute atomic E-state index is 0.889. The zero-order chi connectivity index (χ0) is 11.4. The van der Waals surface area contributed by atoms with Gasteiger partial charge in [-0.25, -0.2) is 4.98 Å². The number of hydrogen-bond donors (Lipinski definition) is 1. The lowest BCUT2D eigenvalue weighted by molar-refractivity contribution is 0.321. The van der Waals surface area contributed by atoms with Crippen molar-refractivity contribution in [1.82, 2.24) is 10.3 Å². The second kappa shape index (κ2) is 5.30. The van der Waals surface area contributed by atoms with Crippen molar-refractivity contribution in [2.75, 3.05) is 25.5 Å². The summed E-state index contributed by atoms with van der Waals surface area (Å²) in [5.41, 5.74) is 1.30. The summed E-state index contributed by atoms with van der Waals surface area (Å²) in [5, 5.41) is 3.17. The molecule has 1 saturated carbocycles. The smallest absolute Gasteiger partial charge is 0.128 e. The first-order valence-corrected chi connectivity index (χ1v) is 6.10. The lowest BCUT2D eigenvalue weighted by Gasteiger charge is -2.30. The Balaban J connectivity index is 1.97. The van der Waals surface area contributed by atoms with Gasteiger partial charge in [-0.2, -0.15) is 0 Å². The number of rotatable bonds is 5. The first-order chi connectivity index (χ1) is 7.79. The molecule has 16 heavy (non-hydrogen) atoms. The summed E-state index contributed by atoms with van der Waals surface area (Å²) in [7, 11) is 4.11. The molecule has 0 amide bonds. The number of hydrogen-bond acceptors (Lipinski definition) is 3. The monoisotopic (exact) mass is 219 g/mol. The molecule has 3 nitrogen and oxygen atoms in total. The third-order valence-corrected chi connectivity index (χ3v) is 3.34. The van der Waals surface area contributed by atoms with Crippen LogP contribution in [0.5, 0.6) is 0 Å². The van der Waals surface area contributed by atoms with Crippen molar-refractivity contribution in [2.45, 2.75) is 25.8 Å². The van der Waals surface area contributed by atoms with Gasteiger partial charge >= 0.3 is 0 Å². The van der Waals surface area contributed by atoms with E-state index >= 15 is 0 Å². The third kappa shape index (κ3) is 2.73. The highest BCUT2D eigenvalue weighted by molar-refractivity contribution is 5.40. The molecule has 1 aliphatic rings. The Bertz CT molecular complexity index is 334. The number of nitrogens with one attached hydrogen (secondary N) is 1. The van der Waals surface area contributed by atoms with Crippen LogP contribution in [0.3, 0.4) is 0 Å². The average molecular weight is 219 g/mol. The average Bonchev–Trinajstić information content (AvgIpc) is 2.24. The maximum atomic E-state index is 4.43. The Labute approximate surface area is 97.9 Å². The molecule has 0 unspecified atom stereocenters. The molecule has 2 rings (SSSR count). The summed E-state index contributed by atoms with van der Waals surface area (Å²) in [5.74, 6) is 1.99. The standard InChI is InChI=1S/C13H21N3/c1-14-9-12-6-7-15-13(8-12)16(2)10-11-4-3-5-11/h6-8,11,14H,3-5,9-10H2,1-2H3. The summed E-state index contributed by atoms with van der Waals surface area (Å²) < 4.78 is 0. The van der Waals surface area contributed by atoms with E-state index < -0.39 is 0 Å². The van der Waals surface area contributed by atoms with Crippen molar-refractivity contribution in [3.05, 3.63) is 23.9 Å². The van der Waals surface area contributed by atoms with Gasteiger partial charge in [-0.15, -0.1) is 0 Å².